The van der Waals surface area contributed by atoms with E-state index in [0.717, 1.165) is 29.8 Å². The van der Waals surface area contributed by atoms with Gasteiger partial charge in [-0.25, -0.2) is 0 Å². The second kappa shape index (κ2) is 6.18. The van der Waals surface area contributed by atoms with Crippen LogP contribution < -0.4 is 10.6 Å². The SMILES string of the molecule is CCCNC(c1ccsc1)c1cc2c(cc1Cl)NC(=O)C2. The highest BCUT2D eigenvalue weighted by atomic mass is 35.5. The van der Waals surface area contributed by atoms with Gasteiger partial charge in [0, 0.05) is 10.7 Å². The van der Waals surface area contributed by atoms with E-state index in [1.807, 2.05) is 6.07 Å². The van der Waals surface area contributed by atoms with Crippen LogP contribution in [0, 0.1) is 0 Å². The fourth-order valence-corrected chi connectivity index (χ4v) is 3.58. The van der Waals surface area contributed by atoms with Crippen molar-refractivity contribution in [3.8, 4) is 0 Å². The molecule has 2 heterocycles. The molecule has 0 bridgehead atoms. The lowest BCUT2D eigenvalue weighted by atomic mass is 9.98. The van der Waals surface area contributed by atoms with Gasteiger partial charge in [-0.05, 0) is 58.6 Å². The van der Waals surface area contributed by atoms with Gasteiger partial charge in [0.1, 0.15) is 0 Å². The first-order chi connectivity index (χ1) is 10.2. The lowest BCUT2D eigenvalue weighted by Crippen LogP contribution is -2.23. The molecule has 0 spiro atoms. The maximum absolute atomic E-state index is 11.5. The van der Waals surface area contributed by atoms with Crippen molar-refractivity contribution < 1.29 is 4.79 Å². The van der Waals surface area contributed by atoms with Crippen LogP contribution >= 0.6 is 22.9 Å². The van der Waals surface area contributed by atoms with Gasteiger partial charge in [-0.2, -0.15) is 11.3 Å². The number of halogens is 1. The number of amides is 1. The zero-order valence-electron chi connectivity index (χ0n) is 11.8. The standard InChI is InChI=1S/C16H17ClN2OS/c1-2-4-18-16(10-3-5-21-9-10)12-6-11-7-15(20)19-14(11)8-13(12)17/h3,5-6,8-9,16,18H,2,4,7H2,1H3,(H,19,20). The van der Waals surface area contributed by atoms with Gasteiger partial charge < -0.3 is 10.6 Å². The molecular formula is C16H17ClN2OS. The molecular weight excluding hydrogens is 304 g/mol. The van der Waals surface area contributed by atoms with E-state index >= 15 is 0 Å². The predicted octanol–water partition coefficient (Wildman–Crippen LogP) is 3.99. The summed E-state index contributed by atoms with van der Waals surface area (Å²) in [6.07, 6.45) is 1.49. The molecule has 3 rings (SSSR count). The normalized spacial score (nSPS) is 14.9. The lowest BCUT2D eigenvalue weighted by Gasteiger charge is -2.20. The maximum atomic E-state index is 11.5. The van der Waals surface area contributed by atoms with E-state index in [1.165, 1.54) is 5.56 Å². The highest BCUT2D eigenvalue weighted by Gasteiger charge is 2.23. The van der Waals surface area contributed by atoms with Gasteiger partial charge in [-0.15, -0.1) is 0 Å². The number of hydrogen-bond donors (Lipinski definition) is 2. The maximum Gasteiger partial charge on any atom is 0.228 e. The third-order valence-electron chi connectivity index (χ3n) is 3.63. The number of anilines is 1. The van der Waals surface area contributed by atoms with Crippen LogP contribution in [0.1, 0.15) is 36.1 Å². The first-order valence-corrected chi connectivity index (χ1v) is 8.38. The third-order valence-corrected chi connectivity index (χ3v) is 4.66. The van der Waals surface area contributed by atoms with E-state index in [4.69, 9.17) is 11.6 Å². The van der Waals surface area contributed by atoms with E-state index in [-0.39, 0.29) is 11.9 Å². The summed E-state index contributed by atoms with van der Waals surface area (Å²) in [5.74, 6) is 0.0341. The molecule has 0 radical (unpaired) electrons. The fourth-order valence-electron chi connectivity index (χ4n) is 2.62. The molecule has 1 amide bonds. The van der Waals surface area contributed by atoms with Crippen LogP contribution in [0.2, 0.25) is 5.02 Å². The molecule has 1 atom stereocenters. The minimum atomic E-state index is 0.0341. The first kappa shape index (κ1) is 14.6. The number of rotatable bonds is 5. The lowest BCUT2D eigenvalue weighted by molar-refractivity contribution is -0.115. The zero-order valence-corrected chi connectivity index (χ0v) is 13.4. The Hall–Kier alpha value is -1.36. The Labute approximate surface area is 133 Å². The van der Waals surface area contributed by atoms with Gasteiger partial charge in [0.2, 0.25) is 5.91 Å². The van der Waals surface area contributed by atoms with Gasteiger partial charge >= 0.3 is 0 Å². The van der Waals surface area contributed by atoms with E-state index in [2.05, 4.69) is 40.5 Å². The average molecular weight is 321 g/mol. The molecule has 0 aliphatic carbocycles. The highest BCUT2D eigenvalue weighted by Crippen LogP contribution is 2.35. The molecule has 1 aromatic carbocycles. The molecule has 1 aliphatic rings. The molecule has 0 saturated heterocycles. The topological polar surface area (TPSA) is 41.1 Å². The number of hydrogen-bond acceptors (Lipinski definition) is 3. The van der Waals surface area contributed by atoms with E-state index < -0.39 is 0 Å². The molecule has 0 saturated carbocycles. The Bertz CT molecular complexity index is 655. The summed E-state index contributed by atoms with van der Waals surface area (Å²) in [6.45, 7) is 3.07. The van der Waals surface area contributed by atoms with Crippen molar-refractivity contribution in [3.63, 3.8) is 0 Å². The number of nitrogens with one attached hydrogen (secondary N) is 2. The summed E-state index contributed by atoms with van der Waals surface area (Å²) in [6, 6.07) is 6.11. The Morgan fingerprint density at radius 1 is 1.48 bits per heavy atom. The largest absolute Gasteiger partial charge is 0.325 e. The fraction of sp³-hybridized carbons (Fsp3) is 0.312. The Morgan fingerprint density at radius 3 is 3.05 bits per heavy atom. The molecule has 3 nitrogen and oxygen atoms in total. The Morgan fingerprint density at radius 2 is 2.33 bits per heavy atom. The molecule has 21 heavy (non-hydrogen) atoms. The Kier molecular flexibility index (Phi) is 4.29. The molecule has 1 unspecified atom stereocenters. The molecule has 1 aromatic heterocycles. The molecule has 5 heteroatoms. The minimum absolute atomic E-state index is 0.0341. The molecule has 1 aliphatic heterocycles. The Balaban J connectivity index is 1.99. The number of fused-ring (bicyclic) bond motifs is 1. The highest BCUT2D eigenvalue weighted by molar-refractivity contribution is 7.08. The summed E-state index contributed by atoms with van der Waals surface area (Å²) in [7, 11) is 0. The van der Waals surface area contributed by atoms with Gasteiger partial charge in [0.05, 0.1) is 12.5 Å². The number of carbonyl (C=O) groups is 1. The van der Waals surface area contributed by atoms with Crippen LogP contribution in [0.4, 0.5) is 5.69 Å². The van der Waals surface area contributed by atoms with Crippen molar-refractivity contribution in [3.05, 3.63) is 50.7 Å². The molecule has 0 fully saturated rings. The van der Waals surface area contributed by atoms with Crippen molar-refractivity contribution in [2.45, 2.75) is 25.8 Å². The van der Waals surface area contributed by atoms with Crippen LogP contribution in [0.3, 0.4) is 0 Å². The predicted molar refractivity (Wildman–Crippen MR) is 88.2 cm³/mol. The van der Waals surface area contributed by atoms with Crippen molar-refractivity contribution in [2.75, 3.05) is 11.9 Å². The summed E-state index contributed by atoms with van der Waals surface area (Å²) < 4.78 is 0. The summed E-state index contributed by atoms with van der Waals surface area (Å²) in [5, 5.41) is 11.3. The molecule has 2 aromatic rings. The number of thiophene rings is 1. The second-order valence-corrected chi connectivity index (χ2v) is 6.39. The van der Waals surface area contributed by atoms with Crippen molar-refractivity contribution >= 4 is 34.5 Å². The van der Waals surface area contributed by atoms with E-state index in [9.17, 15) is 4.79 Å². The van der Waals surface area contributed by atoms with Crippen LogP contribution in [0.25, 0.3) is 0 Å². The third kappa shape index (κ3) is 2.98. The van der Waals surface area contributed by atoms with E-state index in [1.54, 1.807) is 11.3 Å². The van der Waals surface area contributed by atoms with Crippen LogP contribution in [-0.2, 0) is 11.2 Å². The van der Waals surface area contributed by atoms with Crippen molar-refractivity contribution in [1.82, 2.24) is 5.32 Å². The monoisotopic (exact) mass is 320 g/mol. The number of carbonyl (C=O) groups excluding carboxylic acids is 1. The van der Waals surface area contributed by atoms with Crippen molar-refractivity contribution in [1.29, 1.82) is 0 Å². The second-order valence-electron chi connectivity index (χ2n) is 5.20. The van der Waals surface area contributed by atoms with Crippen molar-refractivity contribution in [2.24, 2.45) is 0 Å². The number of benzene rings is 1. The first-order valence-electron chi connectivity index (χ1n) is 7.06. The van der Waals surface area contributed by atoms with Gasteiger partial charge in [-0.1, -0.05) is 18.5 Å². The van der Waals surface area contributed by atoms with Gasteiger partial charge in [0.25, 0.3) is 0 Å². The van der Waals surface area contributed by atoms with Gasteiger partial charge in [-0.3, -0.25) is 4.79 Å². The van der Waals surface area contributed by atoms with Crippen LogP contribution in [0.5, 0.6) is 0 Å². The summed E-state index contributed by atoms with van der Waals surface area (Å²) in [4.78, 5) is 11.5. The zero-order chi connectivity index (χ0) is 14.8. The van der Waals surface area contributed by atoms with Gasteiger partial charge in [0.15, 0.2) is 0 Å². The quantitative estimate of drug-likeness (QED) is 0.874. The minimum Gasteiger partial charge on any atom is -0.325 e. The molecule has 110 valence electrons. The van der Waals surface area contributed by atoms with Crippen LogP contribution in [0.15, 0.2) is 29.0 Å². The summed E-state index contributed by atoms with van der Waals surface area (Å²) >= 11 is 8.14. The van der Waals surface area contributed by atoms with Crippen LogP contribution in [-0.4, -0.2) is 12.5 Å². The van der Waals surface area contributed by atoms with E-state index in [0.29, 0.717) is 11.4 Å². The average Bonchev–Trinajstić information content (AvgIpc) is 3.08. The molecule has 2 N–H and O–H groups in total. The smallest absolute Gasteiger partial charge is 0.228 e. The summed E-state index contributed by atoms with van der Waals surface area (Å²) in [5.41, 5.74) is 4.12.